The maximum atomic E-state index is 5.73. The fraction of sp³-hybridized carbons (Fsp3) is 0.500. The second-order valence-electron chi connectivity index (χ2n) is 5.11. The molecule has 0 saturated carbocycles. The molecule has 1 aliphatic rings. The molecule has 0 aliphatic heterocycles. The number of hydrogen-bond donors (Lipinski definition) is 1. The molecule has 18 heavy (non-hydrogen) atoms. The van der Waals surface area contributed by atoms with Gasteiger partial charge >= 0.3 is 0 Å². The van der Waals surface area contributed by atoms with Gasteiger partial charge in [0.05, 0.1) is 0 Å². The van der Waals surface area contributed by atoms with E-state index in [1.54, 1.807) is 0 Å². The Morgan fingerprint density at radius 1 is 1.50 bits per heavy atom. The molecule has 0 heterocycles. The van der Waals surface area contributed by atoms with Crippen LogP contribution in [0.1, 0.15) is 43.9 Å². The van der Waals surface area contributed by atoms with Crippen molar-refractivity contribution in [1.82, 2.24) is 5.32 Å². The minimum atomic E-state index is 0.493. The average molecular weight is 245 g/mol. The van der Waals surface area contributed by atoms with Crippen molar-refractivity contribution in [2.75, 3.05) is 13.2 Å². The highest BCUT2D eigenvalue weighted by Gasteiger charge is 2.19. The Bertz CT molecular complexity index is 425. The number of aryl methyl sites for hydroxylation is 1. The summed E-state index contributed by atoms with van der Waals surface area (Å²) in [5.74, 6) is 0.960. The largest absolute Gasteiger partial charge is 0.489 e. The lowest BCUT2D eigenvalue weighted by Gasteiger charge is -2.26. The van der Waals surface area contributed by atoms with Gasteiger partial charge in [-0.15, -0.1) is 0 Å². The van der Waals surface area contributed by atoms with Crippen molar-refractivity contribution in [2.45, 2.75) is 39.2 Å². The van der Waals surface area contributed by atoms with Crippen LogP contribution in [0.15, 0.2) is 30.4 Å². The first-order valence-electron chi connectivity index (χ1n) is 6.84. The van der Waals surface area contributed by atoms with Crippen LogP contribution in [0.4, 0.5) is 0 Å². The maximum absolute atomic E-state index is 5.73. The lowest BCUT2D eigenvalue weighted by Crippen LogP contribution is -2.24. The molecule has 0 amide bonds. The number of ether oxygens (including phenoxy) is 1. The molecule has 2 heteroatoms. The summed E-state index contributed by atoms with van der Waals surface area (Å²) in [6.45, 7) is 9.63. The second-order valence-corrected chi connectivity index (χ2v) is 5.11. The molecule has 1 aromatic carbocycles. The zero-order valence-corrected chi connectivity index (χ0v) is 11.5. The predicted octanol–water partition coefficient (Wildman–Crippen LogP) is 3.63. The highest BCUT2D eigenvalue weighted by molar-refractivity contribution is 5.39. The number of fused-ring (bicyclic) bond motifs is 1. The summed E-state index contributed by atoms with van der Waals surface area (Å²) >= 11 is 0. The van der Waals surface area contributed by atoms with Crippen LogP contribution in [-0.2, 0) is 6.42 Å². The van der Waals surface area contributed by atoms with E-state index in [1.165, 1.54) is 30.4 Å². The summed E-state index contributed by atoms with van der Waals surface area (Å²) in [6.07, 6.45) is 3.69. The first-order valence-corrected chi connectivity index (χ1v) is 6.84. The van der Waals surface area contributed by atoms with Crippen LogP contribution in [0.25, 0.3) is 0 Å². The zero-order chi connectivity index (χ0) is 13.0. The first kappa shape index (κ1) is 13.2. The van der Waals surface area contributed by atoms with Gasteiger partial charge in [-0.1, -0.05) is 19.6 Å². The highest BCUT2D eigenvalue weighted by atomic mass is 16.5. The van der Waals surface area contributed by atoms with Gasteiger partial charge in [-0.2, -0.15) is 0 Å². The van der Waals surface area contributed by atoms with Gasteiger partial charge in [-0.25, -0.2) is 0 Å². The van der Waals surface area contributed by atoms with Gasteiger partial charge in [0, 0.05) is 6.04 Å². The van der Waals surface area contributed by atoms with Gasteiger partial charge < -0.3 is 10.1 Å². The van der Waals surface area contributed by atoms with E-state index in [0.29, 0.717) is 12.6 Å². The summed E-state index contributed by atoms with van der Waals surface area (Å²) in [4.78, 5) is 0. The molecule has 2 rings (SSSR count). The quantitative estimate of drug-likeness (QED) is 0.800. The van der Waals surface area contributed by atoms with Crippen molar-refractivity contribution in [3.63, 3.8) is 0 Å². The second kappa shape index (κ2) is 6.05. The first-order chi connectivity index (χ1) is 8.70. The fourth-order valence-corrected chi connectivity index (χ4v) is 2.53. The third kappa shape index (κ3) is 3.14. The summed E-state index contributed by atoms with van der Waals surface area (Å²) < 4.78 is 5.73. The Hall–Kier alpha value is -1.28. The van der Waals surface area contributed by atoms with Crippen molar-refractivity contribution < 1.29 is 4.74 Å². The summed E-state index contributed by atoms with van der Waals surface area (Å²) in [5.41, 5.74) is 3.94. The number of hydrogen-bond acceptors (Lipinski definition) is 2. The molecule has 0 fully saturated rings. The Morgan fingerprint density at radius 3 is 3.06 bits per heavy atom. The van der Waals surface area contributed by atoms with Crippen molar-refractivity contribution >= 4 is 0 Å². The van der Waals surface area contributed by atoms with E-state index in [0.717, 1.165) is 17.9 Å². The smallest absolute Gasteiger partial charge is 0.120 e. The van der Waals surface area contributed by atoms with Crippen molar-refractivity contribution in [3.8, 4) is 5.75 Å². The van der Waals surface area contributed by atoms with E-state index in [-0.39, 0.29) is 0 Å². The molecule has 98 valence electrons. The molecule has 1 atom stereocenters. The minimum Gasteiger partial charge on any atom is -0.489 e. The Morgan fingerprint density at radius 2 is 2.33 bits per heavy atom. The molecule has 1 unspecified atom stereocenters. The van der Waals surface area contributed by atoms with Gasteiger partial charge in [0.15, 0.2) is 0 Å². The van der Waals surface area contributed by atoms with E-state index in [1.807, 2.05) is 6.92 Å². The highest BCUT2D eigenvalue weighted by Crippen LogP contribution is 2.32. The molecule has 1 aliphatic carbocycles. The van der Waals surface area contributed by atoms with Crippen LogP contribution in [0.3, 0.4) is 0 Å². The maximum Gasteiger partial charge on any atom is 0.120 e. The van der Waals surface area contributed by atoms with Crippen LogP contribution < -0.4 is 10.1 Å². The van der Waals surface area contributed by atoms with Crippen LogP contribution in [-0.4, -0.2) is 13.2 Å². The van der Waals surface area contributed by atoms with Crippen LogP contribution in [0.5, 0.6) is 5.75 Å². The third-order valence-electron chi connectivity index (χ3n) is 3.37. The van der Waals surface area contributed by atoms with Gasteiger partial charge in [0.1, 0.15) is 12.4 Å². The van der Waals surface area contributed by atoms with Crippen molar-refractivity contribution in [2.24, 2.45) is 0 Å². The number of rotatable bonds is 5. The van der Waals surface area contributed by atoms with Crippen molar-refractivity contribution in [1.29, 1.82) is 0 Å². The van der Waals surface area contributed by atoms with E-state index >= 15 is 0 Å². The van der Waals surface area contributed by atoms with Crippen LogP contribution >= 0.6 is 0 Å². The lowest BCUT2D eigenvalue weighted by molar-refractivity contribution is 0.350. The standard InChI is InChI=1S/C16H23NO/c1-4-17-16-7-5-6-13-8-9-14(10-15(13)16)18-11-12(2)3/h8-10,16-17H,2,4-7,11H2,1,3H3. The van der Waals surface area contributed by atoms with Gasteiger partial charge in [0.2, 0.25) is 0 Å². The molecule has 2 nitrogen and oxygen atoms in total. The summed E-state index contributed by atoms with van der Waals surface area (Å²) in [7, 11) is 0. The van der Waals surface area contributed by atoms with E-state index in [4.69, 9.17) is 4.74 Å². The SMILES string of the molecule is C=C(C)COc1ccc2c(c1)C(NCC)CCC2. The molecule has 1 N–H and O–H groups in total. The van der Waals surface area contributed by atoms with E-state index in [9.17, 15) is 0 Å². The minimum absolute atomic E-state index is 0.493. The van der Waals surface area contributed by atoms with Crippen LogP contribution in [0.2, 0.25) is 0 Å². The average Bonchev–Trinajstić information content (AvgIpc) is 2.37. The molecule has 0 aromatic heterocycles. The van der Waals surface area contributed by atoms with Crippen molar-refractivity contribution in [3.05, 3.63) is 41.5 Å². The van der Waals surface area contributed by atoms with E-state index < -0.39 is 0 Å². The monoisotopic (exact) mass is 245 g/mol. The predicted molar refractivity (Wildman–Crippen MR) is 76.1 cm³/mol. The molecule has 0 radical (unpaired) electrons. The molecular weight excluding hydrogens is 222 g/mol. The number of benzene rings is 1. The molecule has 0 saturated heterocycles. The lowest BCUT2D eigenvalue weighted by atomic mass is 9.87. The fourth-order valence-electron chi connectivity index (χ4n) is 2.53. The van der Waals surface area contributed by atoms with Gasteiger partial charge in [-0.3, -0.25) is 0 Å². The third-order valence-corrected chi connectivity index (χ3v) is 3.37. The Balaban J connectivity index is 2.16. The molecule has 1 aromatic rings. The summed E-state index contributed by atoms with van der Waals surface area (Å²) in [5, 5.41) is 3.56. The Labute approximate surface area is 110 Å². The zero-order valence-electron chi connectivity index (χ0n) is 11.5. The van der Waals surface area contributed by atoms with Gasteiger partial charge in [0.25, 0.3) is 0 Å². The molecule has 0 spiro atoms. The van der Waals surface area contributed by atoms with E-state index in [2.05, 4.69) is 37.0 Å². The number of nitrogens with one attached hydrogen (secondary N) is 1. The normalized spacial score (nSPS) is 18.2. The molecule has 0 bridgehead atoms. The summed E-state index contributed by atoms with van der Waals surface area (Å²) in [6, 6.07) is 6.99. The topological polar surface area (TPSA) is 21.3 Å². The van der Waals surface area contributed by atoms with Gasteiger partial charge in [-0.05, 0) is 61.6 Å². The molecular formula is C16H23NO. The van der Waals surface area contributed by atoms with Crippen LogP contribution in [0, 0.1) is 0 Å². The Kier molecular flexibility index (Phi) is 4.43.